The molecule has 2 aliphatic heterocycles. The van der Waals surface area contributed by atoms with Gasteiger partial charge in [0.1, 0.15) is 5.82 Å². The molecule has 0 unspecified atom stereocenters. The topological polar surface area (TPSA) is 55.3 Å². The monoisotopic (exact) mass is 295 g/mol. The van der Waals surface area contributed by atoms with Gasteiger partial charge < -0.3 is 9.64 Å². The van der Waals surface area contributed by atoms with Crippen molar-refractivity contribution in [2.45, 2.75) is 44.7 Å². The first-order valence-corrected chi connectivity index (χ1v) is 7.48. The minimum Gasteiger partial charge on any atom is -0.381 e. The molecule has 5 nitrogen and oxygen atoms in total. The minimum atomic E-state index is -0.100. The summed E-state index contributed by atoms with van der Waals surface area (Å²) in [4.78, 5) is 22.9. The number of halogens is 1. The van der Waals surface area contributed by atoms with Crippen molar-refractivity contribution in [1.29, 1.82) is 0 Å². The molecule has 1 atom stereocenters. The molecule has 6 heteroatoms. The summed E-state index contributed by atoms with van der Waals surface area (Å²) in [6.45, 7) is 3.52. The molecule has 20 heavy (non-hydrogen) atoms. The molecule has 2 aliphatic rings. The molecule has 0 radical (unpaired) electrons. The second-order valence-corrected chi connectivity index (χ2v) is 5.64. The second-order valence-electron chi connectivity index (χ2n) is 5.31. The maximum Gasteiger partial charge on any atom is 0.224 e. The first-order valence-electron chi connectivity index (χ1n) is 7.11. The molecule has 1 fully saturated rings. The number of Topliss-reactive ketones (excluding diaryl/α,β-unsaturated/α-hetero) is 1. The number of ketones is 1. The van der Waals surface area contributed by atoms with Gasteiger partial charge in [-0.05, 0) is 30.9 Å². The van der Waals surface area contributed by atoms with Gasteiger partial charge in [0.25, 0.3) is 0 Å². The molecule has 1 aromatic heterocycles. The molecule has 3 rings (SSSR count). The van der Waals surface area contributed by atoms with Crippen molar-refractivity contribution >= 4 is 23.2 Å². The number of anilines is 1. The lowest BCUT2D eigenvalue weighted by atomic mass is 9.92. The minimum absolute atomic E-state index is 0.100. The SMILES string of the molecule is CC[C@@H]1C(=O)Cc2cnc(Cl)nc2N1C1CCOCC1. The van der Waals surface area contributed by atoms with Gasteiger partial charge in [0.05, 0.1) is 6.04 Å². The zero-order chi connectivity index (χ0) is 14.1. The van der Waals surface area contributed by atoms with Gasteiger partial charge in [0.2, 0.25) is 5.28 Å². The number of carbonyl (C=O) groups excluding carboxylic acids is 1. The second kappa shape index (κ2) is 5.66. The highest BCUT2D eigenvalue weighted by Gasteiger charge is 2.37. The van der Waals surface area contributed by atoms with Crippen LogP contribution in [-0.2, 0) is 16.0 Å². The van der Waals surface area contributed by atoms with E-state index in [1.54, 1.807) is 6.20 Å². The van der Waals surface area contributed by atoms with Crippen molar-refractivity contribution in [2.75, 3.05) is 18.1 Å². The average Bonchev–Trinajstić information content (AvgIpc) is 2.47. The largest absolute Gasteiger partial charge is 0.381 e. The molecule has 0 bridgehead atoms. The third-order valence-electron chi connectivity index (χ3n) is 4.10. The smallest absolute Gasteiger partial charge is 0.224 e. The quantitative estimate of drug-likeness (QED) is 0.781. The summed E-state index contributed by atoms with van der Waals surface area (Å²) in [6, 6.07) is 0.194. The summed E-state index contributed by atoms with van der Waals surface area (Å²) >= 11 is 5.95. The van der Waals surface area contributed by atoms with E-state index in [2.05, 4.69) is 14.9 Å². The summed E-state index contributed by atoms with van der Waals surface area (Å²) in [5.74, 6) is 1.08. The lowest BCUT2D eigenvalue weighted by molar-refractivity contribution is -0.120. The summed E-state index contributed by atoms with van der Waals surface area (Å²) in [7, 11) is 0. The molecule has 0 spiro atoms. The maximum absolute atomic E-state index is 12.4. The summed E-state index contributed by atoms with van der Waals surface area (Å²) in [5.41, 5.74) is 0.885. The van der Waals surface area contributed by atoms with Gasteiger partial charge in [-0.1, -0.05) is 6.92 Å². The highest BCUT2D eigenvalue weighted by molar-refractivity contribution is 6.28. The number of rotatable bonds is 2. The third-order valence-corrected chi connectivity index (χ3v) is 4.28. The Kier molecular flexibility index (Phi) is 3.89. The summed E-state index contributed by atoms with van der Waals surface area (Å²) in [5, 5.41) is 0.241. The van der Waals surface area contributed by atoms with Gasteiger partial charge in [-0.2, -0.15) is 0 Å². The molecular formula is C14H18ClN3O2. The van der Waals surface area contributed by atoms with E-state index in [0.717, 1.165) is 43.9 Å². The molecule has 0 N–H and O–H groups in total. The summed E-state index contributed by atoms with van der Waals surface area (Å²) < 4.78 is 5.43. The lowest BCUT2D eigenvalue weighted by Gasteiger charge is -2.43. The molecule has 0 amide bonds. The number of hydrogen-bond donors (Lipinski definition) is 0. The Morgan fingerprint density at radius 3 is 2.90 bits per heavy atom. The molecular weight excluding hydrogens is 278 g/mol. The standard InChI is InChI=1S/C14H18ClN3O2/c1-2-11-12(19)7-9-8-16-14(15)17-13(9)18(11)10-3-5-20-6-4-10/h8,10-11H,2-7H2,1H3/t11-/m1/s1. The van der Waals surface area contributed by atoms with Crippen LogP contribution in [-0.4, -0.2) is 41.0 Å². The normalized spacial score (nSPS) is 23.8. The number of carbonyl (C=O) groups is 1. The number of fused-ring (bicyclic) bond motifs is 1. The van der Waals surface area contributed by atoms with Crippen LogP contribution in [0.1, 0.15) is 31.7 Å². The van der Waals surface area contributed by atoms with Crippen molar-refractivity contribution in [1.82, 2.24) is 9.97 Å². The van der Waals surface area contributed by atoms with E-state index < -0.39 is 0 Å². The zero-order valence-electron chi connectivity index (χ0n) is 11.5. The van der Waals surface area contributed by atoms with Crippen LogP contribution >= 0.6 is 11.6 Å². The van der Waals surface area contributed by atoms with E-state index in [1.807, 2.05) is 6.92 Å². The van der Waals surface area contributed by atoms with Gasteiger partial charge in [-0.25, -0.2) is 9.97 Å². The highest BCUT2D eigenvalue weighted by Crippen LogP contribution is 2.33. The molecule has 0 aromatic carbocycles. The number of nitrogens with zero attached hydrogens (tertiary/aromatic N) is 3. The fraction of sp³-hybridized carbons (Fsp3) is 0.643. The maximum atomic E-state index is 12.4. The van der Waals surface area contributed by atoms with E-state index in [9.17, 15) is 4.79 Å². The lowest BCUT2D eigenvalue weighted by Crippen LogP contribution is -2.53. The van der Waals surface area contributed by atoms with E-state index in [0.29, 0.717) is 12.5 Å². The van der Waals surface area contributed by atoms with Gasteiger partial charge >= 0.3 is 0 Å². The van der Waals surface area contributed by atoms with E-state index in [1.165, 1.54) is 0 Å². The highest BCUT2D eigenvalue weighted by atomic mass is 35.5. The first-order chi connectivity index (χ1) is 9.70. The van der Waals surface area contributed by atoms with Crippen LogP contribution in [0.15, 0.2) is 6.20 Å². The van der Waals surface area contributed by atoms with E-state index in [4.69, 9.17) is 16.3 Å². The van der Waals surface area contributed by atoms with Crippen molar-refractivity contribution < 1.29 is 9.53 Å². The molecule has 1 saturated heterocycles. The fourth-order valence-corrected chi connectivity index (χ4v) is 3.28. The van der Waals surface area contributed by atoms with Crippen LogP contribution in [0.5, 0.6) is 0 Å². The summed E-state index contributed by atoms with van der Waals surface area (Å²) in [6.07, 6.45) is 4.72. The van der Waals surface area contributed by atoms with Gasteiger partial charge in [-0.3, -0.25) is 4.79 Å². The fourth-order valence-electron chi connectivity index (χ4n) is 3.15. The van der Waals surface area contributed by atoms with Crippen LogP contribution in [0.25, 0.3) is 0 Å². The Bertz CT molecular complexity index is 517. The van der Waals surface area contributed by atoms with Crippen LogP contribution in [0.2, 0.25) is 5.28 Å². The van der Waals surface area contributed by atoms with E-state index in [-0.39, 0.29) is 17.1 Å². The molecule has 3 heterocycles. The van der Waals surface area contributed by atoms with Crippen LogP contribution < -0.4 is 4.90 Å². The molecule has 0 aliphatic carbocycles. The van der Waals surface area contributed by atoms with Gasteiger partial charge in [-0.15, -0.1) is 0 Å². The predicted molar refractivity (Wildman–Crippen MR) is 76.2 cm³/mol. The van der Waals surface area contributed by atoms with Crippen LogP contribution in [0, 0.1) is 0 Å². The Balaban J connectivity index is 2.02. The van der Waals surface area contributed by atoms with E-state index >= 15 is 0 Å². The Labute approximate surface area is 123 Å². The van der Waals surface area contributed by atoms with Gasteiger partial charge in [0.15, 0.2) is 5.78 Å². The number of ether oxygens (including phenoxy) is 1. The molecule has 108 valence electrons. The van der Waals surface area contributed by atoms with Crippen molar-refractivity contribution in [3.8, 4) is 0 Å². The molecule has 0 saturated carbocycles. The van der Waals surface area contributed by atoms with Crippen LogP contribution in [0.3, 0.4) is 0 Å². The third kappa shape index (κ3) is 2.40. The predicted octanol–water partition coefficient (Wildman–Crippen LogP) is 2.02. The Morgan fingerprint density at radius 1 is 1.45 bits per heavy atom. The Morgan fingerprint density at radius 2 is 2.20 bits per heavy atom. The number of aromatic nitrogens is 2. The van der Waals surface area contributed by atoms with Gasteiger partial charge in [0, 0.05) is 37.4 Å². The zero-order valence-corrected chi connectivity index (χ0v) is 12.3. The Hall–Kier alpha value is -1.20. The molecule has 1 aromatic rings. The first kappa shape index (κ1) is 13.8. The average molecular weight is 296 g/mol. The van der Waals surface area contributed by atoms with Crippen molar-refractivity contribution in [2.24, 2.45) is 0 Å². The van der Waals surface area contributed by atoms with Crippen molar-refractivity contribution in [3.63, 3.8) is 0 Å². The number of hydrogen-bond acceptors (Lipinski definition) is 5. The van der Waals surface area contributed by atoms with Crippen molar-refractivity contribution in [3.05, 3.63) is 17.0 Å². The van der Waals surface area contributed by atoms with Crippen LogP contribution in [0.4, 0.5) is 5.82 Å².